The molecule has 1 fully saturated rings. The van der Waals surface area contributed by atoms with E-state index in [0.29, 0.717) is 11.3 Å². The van der Waals surface area contributed by atoms with Gasteiger partial charge in [0.1, 0.15) is 5.75 Å². The lowest BCUT2D eigenvalue weighted by Gasteiger charge is -2.06. The minimum atomic E-state index is 0.642. The Balaban J connectivity index is 1.89. The van der Waals surface area contributed by atoms with Gasteiger partial charge in [0, 0.05) is 0 Å². The molecule has 0 aromatic heterocycles. The Morgan fingerprint density at radius 3 is 2.86 bits per heavy atom. The summed E-state index contributed by atoms with van der Waals surface area (Å²) in [7, 11) is 0. The molecular weight excluding hydrogens is 176 g/mol. The number of carbonyl (C=O) groups excluding carboxylic acids is 1. The summed E-state index contributed by atoms with van der Waals surface area (Å²) in [6, 6.07) is 7.35. The van der Waals surface area contributed by atoms with Crippen LogP contribution in [0.25, 0.3) is 0 Å². The number of rotatable bonds is 5. The summed E-state index contributed by atoms with van der Waals surface area (Å²) in [6.07, 6.45) is 4.65. The van der Waals surface area contributed by atoms with E-state index in [9.17, 15) is 4.79 Å². The second-order valence-corrected chi connectivity index (χ2v) is 3.74. The Labute approximate surface area is 83.9 Å². The molecule has 1 saturated carbocycles. The van der Waals surface area contributed by atoms with Crippen LogP contribution >= 0.6 is 0 Å². The van der Waals surface area contributed by atoms with Crippen molar-refractivity contribution < 1.29 is 9.53 Å². The fourth-order valence-corrected chi connectivity index (χ4v) is 1.45. The molecule has 1 aromatic carbocycles. The topological polar surface area (TPSA) is 26.3 Å². The molecule has 0 atom stereocenters. The van der Waals surface area contributed by atoms with Crippen LogP contribution in [0.4, 0.5) is 0 Å². The third-order valence-corrected chi connectivity index (χ3v) is 2.53. The van der Waals surface area contributed by atoms with Crippen molar-refractivity contribution in [3.8, 4) is 5.75 Å². The third-order valence-electron chi connectivity index (χ3n) is 2.53. The van der Waals surface area contributed by atoms with Gasteiger partial charge in [-0.1, -0.05) is 25.0 Å². The van der Waals surface area contributed by atoms with Gasteiger partial charge in [0.2, 0.25) is 0 Å². The fraction of sp³-hybridized carbons (Fsp3) is 0.417. The molecule has 0 saturated heterocycles. The Kier molecular flexibility index (Phi) is 2.82. The Bertz CT molecular complexity index is 316. The molecule has 14 heavy (non-hydrogen) atoms. The van der Waals surface area contributed by atoms with Gasteiger partial charge < -0.3 is 4.74 Å². The standard InChI is InChI=1S/C12H14O2/c13-9-11-3-1-2-4-12(11)14-8-7-10-5-6-10/h1-4,9-10H,5-8H2. The number of para-hydroxylation sites is 1. The molecule has 74 valence electrons. The van der Waals surface area contributed by atoms with Crippen LogP contribution in [0, 0.1) is 5.92 Å². The van der Waals surface area contributed by atoms with Gasteiger partial charge in [0.15, 0.2) is 6.29 Å². The monoisotopic (exact) mass is 190 g/mol. The van der Waals surface area contributed by atoms with Gasteiger partial charge in [0.25, 0.3) is 0 Å². The number of hydrogen-bond donors (Lipinski definition) is 0. The van der Waals surface area contributed by atoms with Crippen molar-refractivity contribution in [1.29, 1.82) is 0 Å². The van der Waals surface area contributed by atoms with Crippen LogP contribution in [0.1, 0.15) is 29.6 Å². The minimum absolute atomic E-state index is 0.642. The lowest BCUT2D eigenvalue weighted by atomic mass is 10.2. The van der Waals surface area contributed by atoms with Crippen LogP contribution < -0.4 is 4.74 Å². The van der Waals surface area contributed by atoms with Gasteiger partial charge >= 0.3 is 0 Å². The Morgan fingerprint density at radius 2 is 2.14 bits per heavy atom. The van der Waals surface area contributed by atoms with Gasteiger partial charge in [-0.3, -0.25) is 4.79 Å². The van der Waals surface area contributed by atoms with Crippen LogP contribution in [0.3, 0.4) is 0 Å². The maximum Gasteiger partial charge on any atom is 0.153 e. The van der Waals surface area contributed by atoms with Crippen molar-refractivity contribution in [2.75, 3.05) is 6.61 Å². The first-order valence-corrected chi connectivity index (χ1v) is 5.07. The highest BCUT2D eigenvalue weighted by Crippen LogP contribution is 2.32. The Hall–Kier alpha value is -1.31. The van der Waals surface area contributed by atoms with E-state index in [1.807, 2.05) is 18.2 Å². The molecule has 0 heterocycles. The summed E-state index contributed by atoms with van der Waals surface area (Å²) in [6.45, 7) is 0.732. The summed E-state index contributed by atoms with van der Waals surface area (Å²) >= 11 is 0. The highest BCUT2D eigenvalue weighted by atomic mass is 16.5. The molecule has 2 heteroatoms. The number of hydrogen-bond acceptors (Lipinski definition) is 2. The third kappa shape index (κ3) is 2.34. The minimum Gasteiger partial charge on any atom is -0.493 e. The first-order valence-electron chi connectivity index (χ1n) is 5.07. The maximum absolute atomic E-state index is 10.7. The molecule has 1 aromatic rings. The summed E-state index contributed by atoms with van der Waals surface area (Å²) < 4.78 is 5.55. The molecule has 0 amide bonds. The highest BCUT2D eigenvalue weighted by molar-refractivity contribution is 5.79. The summed E-state index contributed by atoms with van der Waals surface area (Å²) in [5.74, 6) is 1.58. The molecule has 0 spiro atoms. The second-order valence-electron chi connectivity index (χ2n) is 3.74. The van der Waals surface area contributed by atoms with E-state index in [0.717, 1.165) is 25.2 Å². The molecule has 0 unspecified atom stereocenters. The summed E-state index contributed by atoms with van der Waals surface area (Å²) in [5, 5.41) is 0. The van der Waals surface area contributed by atoms with Crippen molar-refractivity contribution in [2.45, 2.75) is 19.3 Å². The van der Waals surface area contributed by atoms with E-state index in [1.54, 1.807) is 6.07 Å². The lowest BCUT2D eigenvalue weighted by Crippen LogP contribution is -2.00. The van der Waals surface area contributed by atoms with Gasteiger partial charge in [0.05, 0.1) is 12.2 Å². The molecule has 0 N–H and O–H groups in total. The number of carbonyl (C=O) groups is 1. The number of ether oxygens (including phenoxy) is 1. The van der Waals surface area contributed by atoms with E-state index in [4.69, 9.17) is 4.74 Å². The maximum atomic E-state index is 10.7. The molecule has 2 rings (SSSR count). The predicted octanol–water partition coefficient (Wildman–Crippen LogP) is 2.68. The zero-order chi connectivity index (χ0) is 9.80. The average Bonchev–Trinajstić information content (AvgIpc) is 3.03. The molecular formula is C12H14O2. The SMILES string of the molecule is O=Cc1ccccc1OCCC1CC1. The molecule has 1 aliphatic carbocycles. The normalized spacial score (nSPS) is 15.1. The molecule has 0 bridgehead atoms. The van der Waals surface area contributed by atoms with Crippen LogP contribution in [-0.2, 0) is 0 Å². The first kappa shape index (κ1) is 9.25. The lowest BCUT2D eigenvalue weighted by molar-refractivity contribution is 0.111. The highest BCUT2D eigenvalue weighted by Gasteiger charge is 2.20. The van der Waals surface area contributed by atoms with Crippen molar-refractivity contribution in [1.82, 2.24) is 0 Å². The van der Waals surface area contributed by atoms with Crippen molar-refractivity contribution in [2.24, 2.45) is 5.92 Å². The van der Waals surface area contributed by atoms with Crippen LogP contribution in [-0.4, -0.2) is 12.9 Å². The van der Waals surface area contributed by atoms with E-state index >= 15 is 0 Å². The van der Waals surface area contributed by atoms with Gasteiger partial charge in [-0.05, 0) is 24.5 Å². The average molecular weight is 190 g/mol. The molecule has 0 radical (unpaired) electrons. The molecule has 0 aliphatic heterocycles. The van der Waals surface area contributed by atoms with Crippen molar-refractivity contribution >= 4 is 6.29 Å². The smallest absolute Gasteiger partial charge is 0.153 e. The van der Waals surface area contributed by atoms with E-state index in [-0.39, 0.29) is 0 Å². The van der Waals surface area contributed by atoms with Crippen molar-refractivity contribution in [3.05, 3.63) is 29.8 Å². The van der Waals surface area contributed by atoms with Gasteiger partial charge in [-0.25, -0.2) is 0 Å². The number of benzene rings is 1. The van der Waals surface area contributed by atoms with E-state index in [2.05, 4.69) is 0 Å². The van der Waals surface area contributed by atoms with Crippen molar-refractivity contribution in [3.63, 3.8) is 0 Å². The summed E-state index contributed by atoms with van der Waals surface area (Å²) in [4.78, 5) is 10.7. The molecule has 2 nitrogen and oxygen atoms in total. The van der Waals surface area contributed by atoms with Gasteiger partial charge in [-0.15, -0.1) is 0 Å². The Morgan fingerprint density at radius 1 is 1.36 bits per heavy atom. The van der Waals surface area contributed by atoms with E-state index in [1.165, 1.54) is 12.8 Å². The van der Waals surface area contributed by atoms with Crippen LogP contribution in [0.5, 0.6) is 5.75 Å². The fourth-order valence-electron chi connectivity index (χ4n) is 1.45. The second kappa shape index (κ2) is 4.27. The number of aldehydes is 1. The van der Waals surface area contributed by atoms with Gasteiger partial charge in [-0.2, -0.15) is 0 Å². The first-order chi connectivity index (χ1) is 6.90. The van der Waals surface area contributed by atoms with Crippen LogP contribution in [0.15, 0.2) is 24.3 Å². The van der Waals surface area contributed by atoms with E-state index < -0.39 is 0 Å². The van der Waals surface area contributed by atoms with Crippen LogP contribution in [0.2, 0.25) is 0 Å². The quantitative estimate of drug-likeness (QED) is 0.667. The zero-order valence-electron chi connectivity index (χ0n) is 8.11. The predicted molar refractivity (Wildman–Crippen MR) is 54.7 cm³/mol. The largest absolute Gasteiger partial charge is 0.493 e. The summed E-state index contributed by atoms with van der Waals surface area (Å²) in [5.41, 5.74) is 0.642. The zero-order valence-corrected chi connectivity index (χ0v) is 8.11. The molecule has 1 aliphatic rings.